The molecule has 3 atom stereocenters. The maximum atomic E-state index is 12.4. The van der Waals surface area contributed by atoms with Crippen LogP contribution in [-0.4, -0.2) is 92.5 Å². The summed E-state index contributed by atoms with van der Waals surface area (Å²) >= 11 is 0. The van der Waals surface area contributed by atoms with Gasteiger partial charge >= 0.3 is 16.4 Å². The first-order valence-electron chi connectivity index (χ1n) is 8.43. The number of nitrogens with zero attached hydrogens (tertiary/aromatic N) is 3. The van der Waals surface area contributed by atoms with Crippen LogP contribution < -0.4 is 10.2 Å². The van der Waals surface area contributed by atoms with Gasteiger partial charge in [-0.05, 0) is 19.3 Å². The van der Waals surface area contributed by atoms with Crippen molar-refractivity contribution in [2.45, 2.75) is 37.5 Å². The van der Waals surface area contributed by atoms with Gasteiger partial charge in [-0.25, -0.2) is 15.0 Å². The van der Waals surface area contributed by atoms with E-state index in [-0.39, 0.29) is 32.5 Å². The molecule has 3 fully saturated rings. The lowest BCUT2D eigenvalue weighted by molar-refractivity contribution is -0.143. The largest absolute Gasteiger partial charge is 0.418 e. The predicted molar refractivity (Wildman–Crippen MR) is 90.6 cm³/mol. The van der Waals surface area contributed by atoms with Gasteiger partial charge in [-0.1, -0.05) is 0 Å². The molecule has 0 aliphatic carbocycles. The highest BCUT2D eigenvalue weighted by Gasteiger charge is 2.49. The summed E-state index contributed by atoms with van der Waals surface area (Å²) in [4.78, 5) is 31.1. The van der Waals surface area contributed by atoms with Gasteiger partial charge < -0.3 is 4.90 Å². The highest BCUT2D eigenvalue weighted by molar-refractivity contribution is 7.87. The maximum Gasteiger partial charge on any atom is 0.418 e. The Bertz CT molecular complexity index is 848. The summed E-state index contributed by atoms with van der Waals surface area (Å²) < 4.78 is 61.7. The molecule has 3 aliphatic heterocycles. The zero-order valence-electron chi connectivity index (χ0n) is 14.8. The van der Waals surface area contributed by atoms with Crippen molar-refractivity contribution in [2.75, 3.05) is 26.7 Å². The van der Waals surface area contributed by atoms with Crippen LogP contribution in [0.25, 0.3) is 0 Å². The van der Waals surface area contributed by atoms with Crippen LogP contribution in [0.5, 0.6) is 0 Å². The summed E-state index contributed by atoms with van der Waals surface area (Å²) in [5.74, 6) is -0.615. The lowest BCUT2D eigenvalue weighted by atomic mass is 10.0. The molecule has 0 saturated carbocycles. The van der Waals surface area contributed by atoms with Crippen LogP contribution >= 0.6 is 0 Å². The molecule has 16 heteroatoms. The first-order chi connectivity index (χ1) is 13.0. The Balaban J connectivity index is 1.54. The average Bonchev–Trinajstić information content (AvgIpc) is 3.19. The Hall–Kier alpha value is -1.56. The summed E-state index contributed by atoms with van der Waals surface area (Å²) in [5.41, 5.74) is 2.25. The smallest absolute Gasteiger partial charge is 0.309 e. The fourth-order valence-corrected chi connectivity index (χ4v) is 4.81. The lowest BCUT2D eigenvalue weighted by Crippen LogP contribution is -2.50. The Labute approximate surface area is 161 Å². The second kappa shape index (κ2) is 7.69. The van der Waals surface area contributed by atoms with Gasteiger partial charge in [0, 0.05) is 26.7 Å². The third-order valence-electron chi connectivity index (χ3n) is 4.83. The standard InChI is InChI=1S/C12H21N5O9S2/c1-13-27(20,21)15-5-4-9(7-15)25-14-11(18)10-3-2-8-6-16(10)12(19)17(8)26-28(22,23)24/h8-10,13H,2-7H2,1H3,(H,14,18)(H,22,23,24)/t8?,9?,10-/m0/s1. The number of hydroxylamine groups is 3. The van der Waals surface area contributed by atoms with Crippen molar-refractivity contribution in [3.63, 3.8) is 0 Å². The highest BCUT2D eigenvalue weighted by Crippen LogP contribution is 2.30. The van der Waals surface area contributed by atoms with E-state index in [1.165, 1.54) is 11.4 Å². The molecule has 28 heavy (non-hydrogen) atoms. The topological polar surface area (TPSA) is 175 Å². The Kier molecular flexibility index (Phi) is 5.81. The predicted octanol–water partition coefficient (Wildman–Crippen LogP) is -2.42. The normalized spacial score (nSPS) is 28.8. The van der Waals surface area contributed by atoms with Gasteiger partial charge in [-0.15, -0.1) is 4.28 Å². The van der Waals surface area contributed by atoms with Crippen LogP contribution in [0.15, 0.2) is 0 Å². The maximum absolute atomic E-state index is 12.4. The van der Waals surface area contributed by atoms with Crippen molar-refractivity contribution < 1.29 is 40.1 Å². The number of piperidine rings is 1. The molecule has 3 N–H and O–H groups in total. The van der Waals surface area contributed by atoms with E-state index in [0.717, 1.165) is 4.90 Å². The van der Waals surface area contributed by atoms with E-state index in [4.69, 9.17) is 9.39 Å². The number of hydrogen-bond acceptors (Lipinski definition) is 8. The van der Waals surface area contributed by atoms with Crippen molar-refractivity contribution in [2.24, 2.45) is 0 Å². The Morgan fingerprint density at radius 2 is 1.89 bits per heavy atom. The molecule has 3 saturated heterocycles. The molecule has 2 unspecified atom stereocenters. The van der Waals surface area contributed by atoms with Gasteiger partial charge in [0.15, 0.2) is 0 Å². The zero-order valence-corrected chi connectivity index (χ0v) is 16.5. The molecule has 3 heterocycles. The summed E-state index contributed by atoms with van der Waals surface area (Å²) in [6.45, 7) is 0.361. The molecule has 2 bridgehead atoms. The van der Waals surface area contributed by atoms with E-state index >= 15 is 0 Å². The summed E-state index contributed by atoms with van der Waals surface area (Å²) in [6, 6.07) is -2.36. The number of carbonyl (C=O) groups is 2. The summed E-state index contributed by atoms with van der Waals surface area (Å²) in [5, 5.41) is 0.543. The Morgan fingerprint density at radius 1 is 1.18 bits per heavy atom. The first-order valence-corrected chi connectivity index (χ1v) is 11.2. The third-order valence-corrected chi connectivity index (χ3v) is 6.71. The van der Waals surface area contributed by atoms with Gasteiger partial charge in [0.25, 0.3) is 16.1 Å². The van der Waals surface area contributed by atoms with Gasteiger partial charge in [-0.3, -0.25) is 14.2 Å². The van der Waals surface area contributed by atoms with Crippen LogP contribution in [0.3, 0.4) is 0 Å². The molecular weight excluding hydrogens is 422 g/mol. The zero-order chi connectivity index (χ0) is 20.7. The lowest BCUT2D eigenvalue weighted by Gasteiger charge is -2.29. The molecule has 0 aromatic rings. The number of nitrogens with one attached hydrogen (secondary N) is 2. The number of fused-ring (bicyclic) bond motifs is 2. The van der Waals surface area contributed by atoms with Crippen molar-refractivity contribution in [3.8, 4) is 0 Å². The number of rotatable bonds is 7. The molecule has 3 amide bonds. The number of amides is 3. The minimum atomic E-state index is -4.86. The van der Waals surface area contributed by atoms with E-state index < -0.39 is 50.7 Å². The molecule has 0 radical (unpaired) electrons. The van der Waals surface area contributed by atoms with Crippen LogP contribution in [-0.2, 0) is 34.5 Å². The van der Waals surface area contributed by atoms with Gasteiger partial charge in [0.1, 0.15) is 12.1 Å². The molecule has 160 valence electrons. The summed E-state index contributed by atoms with van der Waals surface area (Å²) in [6.07, 6.45) is 0.360. The van der Waals surface area contributed by atoms with Crippen LogP contribution in [0.2, 0.25) is 0 Å². The first kappa shape index (κ1) is 21.2. The van der Waals surface area contributed by atoms with E-state index in [1.54, 1.807) is 0 Å². The molecule has 0 spiro atoms. The highest BCUT2D eigenvalue weighted by atomic mass is 32.3. The second-order valence-corrected chi connectivity index (χ2v) is 9.45. The minimum Gasteiger partial charge on any atom is -0.309 e. The van der Waals surface area contributed by atoms with E-state index in [9.17, 15) is 26.4 Å². The second-order valence-electron chi connectivity index (χ2n) is 6.57. The fourth-order valence-electron chi connectivity index (χ4n) is 3.45. The van der Waals surface area contributed by atoms with E-state index in [1.807, 2.05) is 0 Å². The molecule has 0 aromatic carbocycles. The van der Waals surface area contributed by atoms with Crippen molar-refractivity contribution in [1.29, 1.82) is 0 Å². The van der Waals surface area contributed by atoms with Crippen molar-refractivity contribution in [1.82, 2.24) is 24.5 Å². The van der Waals surface area contributed by atoms with Crippen LogP contribution in [0.1, 0.15) is 19.3 Å². The van der Waals surface area contributed by atoms with Crippen molar-refractivity contribution in [3.05, 3.63) is 0 Å². The monoisotopic (exact) mass is 443 g/mol. The quantitative estimate of drug-likeness (QED) is 0.285. The number of hydrogen-bond donors (Lipinski definition) is 3. The molecule has 3 rings (SSSR count). The van der Waals surface area contributed by atoms with Gasteiger partial charge in [0.05, 0.1) is 6.04 Å². The van der Waals surface area contributed by atoms with Crippen molar-refractivity contribution >= 4 is 32.5 Å². The SMILES string of the molecule is CNS(=O)(=O)N1CCC(ONC(=O)[C@@H]2CCC3CN2C(=O)N3OS(=O)(=O)O)C1. The van der Waals surface area contributed by atoms with Crippen LogP contribution in [0.4, 0.5) is 4.79 Å². The fraction of sp³-hybridized carbons (Fsp3) is 0.833. The van der Waals surface area contributed by atoms with Crippen LogP contribution in [0, 0.1) is 0 Å². The average molecular weight is 443 g/mol. The molecule has 3 aliphatic rings. The van der Waals surface area contributed by atoms with E-state index in [2.05, 4.69) is 14.5 Å². The third kappa shape index (κ3) is 4.37. The number of carbonyl (C=O) groups excluding carboxylic acids is 2. The number of urea groups is 1. The van der Waals surface area contributed by atoms with Gasteiger partial charge in [-0.2, -0.15) is 26.2 Å². The van der Waals surface area contributed by atoms with Gasteiger partial charge in [0.2, 0.25) is 0 Å². The molecule has 14 nitrogen and oxygen atoms in total. The summed E-state index contributed by atoms with van der Waals surface area (Å²) in [7, 11) is -7.14. The molecular formula is C12H21N5O9S2. The molecule has 0 aromatic heterocycles. The Morgan fingerprint density at radius 3 is 2.54 bits per heavy atom. The minimum absolute atomic E-state index is 0.0596. The van der Waals surface area contributed by atoms with E-state index in [0.29, 0.717) is 11.5 Å².